The van der Waals surface area contributed by atoms with Crippen molar-refractivity contribution in [1.29, 1.82) is 0 Å². The van der Waals surface area contributed by atoms with Gasteiger partial charge in [0, 0.05) is 0 Å². The lowest BCUT2D eigenvalue weighted by molar-refractivity contribution is 0.414. The van der Waals surface area contributed by atoms with Gasteiger partial charge in [-0.05, 0) is 43.1 Å². The highest BCUT2D eigenvalue weighted by Crippen LogP contribution is 2.26. The molecule has 5 heteroatoms. The zero-order valence-electron chi connectivity index (χ0n) is 11.6. The summed E-state index contributed by atoms with van der Waals surface area (Å²) in [5, 5.41) is 14.3. The van der Waals surface area contributed by atoms with E-state index in [2.05, 4.69) is 40.6 Å². The topological polar surface area (TPSA) is 62.8 Å². The van der Waals surface area contributed by atoms with Crippen molar-refractivity contribution in [3.8, 4) is 5.75 Å². The van der Waals surface area contributed by atoms with Crippen LogP contribution < -0.4 is 10.1 Å². The Balaban J connectivity index is 2.32. The molecule has 19 heavy (non-hydrogen) atoms. The first kappa shape index (κ1) is 13.5. The molecular weight excluding hydrogens is 240 g/mol. The Morgan fingerprint density at radius 1 is 1.42 bits per heavy atom. The number of nitrogens with zero attached hydrogens (tertiary/aromatic N) is 2. The summed E-state index contributed by atoms with van der Waals surface area (Å²) in [6.45, 7) is 5.16. The SMILES string of the molecule is CCCNC(c1cn[nH]n1)c1ccc(OC)cc1C. The highest BCUT2D eigenvalue weighted by Gasteiger charge is 2.18. The Bertz CT molecular complexity index is 510. The molecule has 1 unspecified atom stereocenters. The molecule has 5 nitrogen and oxygen atoms in total. The highest BCUT2D eigenvalue weighted by molar-refractivity contribution is 5.39. The third-order valence-electron chi connectivity index (χ3n) is 3.12. The van der Waals surface area contributed by atoms with E-state index in [9.17, 15) is 0 Å². The molecule has 0 saturated carbocycles. The summed E-state index contributed by atoms with van der Waals surface area (Å²) in [5.41, 5.74) is 3.28. The van der Waals surface area contributed by atoms with Crippen LogP contribution in [0.1, 0.15) is 36.2 Å². The Morgan fingerprint density at radius 3 is 2.84 bits per heavy atom. The average molecular weight is 260 g/mol. The van der Waals surface area contributed by atoms with Crippen molar-refractivity contribution in [2.45, 2.75) is 26.3 Å². The fraction of sp³-hybridized carbons (Fsp3) is 0.429. The summed E-state index contributed by atoms with van der Waals surface area (Å²) in [7, 11) is 1.68. The van der Waals surface area contributed by atoms with Crippen LogP contribution in [0, 0.1) is 6.92 Å². The average Bonchev–Trinajstić information content (AvgIpc) is 2.94. The van der Waals surface area contributed by atoms with Crippen LogP contribution in [-0.2, 0) is 0 Å². The normalized spacial score (nSPS) is 12.4. The second-order valence-electron chi connectivity index (χ2n) is 4.50. The Kier molecular flexibility index (Phi) is 4.52. The molecule has 0 aliphatic heterocycles. The quantitative estimate of drug-likeness (QED) is 0.836. The number of hydrogen-bond acceptors (Lipinski definition) is 4. The number of benzene rings is 1. The van der Waals surface area contributed by atoms with E-state index in [-0.39, 0.29) is 6.04 Å². The van der Waals surface area contributed by atoms with E-state index in [0.29, 0.717) is 0 Å². The molecule has 2 aromatic rings. The first-order chi connectivity index (χ1) is 9.26. The molecule has 1 aromatic carbocycles. The van der Waals surface area contributed by atoms with Gasteiger partial charge in [0.2, 0.25) is 0 Å². The third kappa shape index (κ3) is 3.12. The Hall–Kier alpha value is -1.88. The predicted octanol–water partition coefficient (Wildman–Crippen LogP) is 2.21. The zero-order chi connectivity index (χ0) is 13.7. The lowest BCUT2D eigenvalue weighted by atomic mass is 9.98. The number of rotatable bonds is 6. The van der Waals surface area contributed by atoms with Crippen LogP contribution in [0.5, 0.6) is 5.75 Å². The largest absolute Gasteiger partial charge is 0.497 e. The number of aromatic amines is 1. The number of hydrogen-bond donors (Lipinski definition) is 2. The molecule has 1 atom stereocenters. The van der Waals surface area contributed by atoms with E-state index in [1.54, 1.807) is 13.3 Å². The van der Waals surface area contributed by atoms with Gasteiger partial charge in [0.05, 0.1) is 19.3 Å². The molecule has 0 spiro atoms. The number of aromatic nitrogens is 3. The number of nitrogens with one attached hydrogen (secondary N) is 2. The number of ether oxygens (including phenoxy) is 1. The minimum absolute atomic E-state index is 0.0598. The van der Waals surface area contributed by atoms with Gasteiger partial charge < -0.3 is 10.1 Å². The third-order valence-corrected chi connectivity index (χ3v) is 3.12. The van der Waals surface area contributed by atoms with Gasteiger partial charge in [-0.25, -0.2) is 0 Å². The van der Waals surface area contributed by atoms with Crippen LogP contribution in [0.25, 0.3) is 0 Å². The van der Waals surface area contributed by atoms with Crippen LogP contribution >= 0.6 is 0 Å². The molecular formula is C14H20N4O. The molecule has 2 rings (SSSR count). The van der Waals surface area contributed by atoms with Crippen molar-refractivity contribution in [2.75, 3.05) is 13.7 Å². The maximum absolute atomic E-state index is 5.25. The van der Waals surface area contributed by atoms with Gasteiger partial charge in [-0.1, -0.05) is 13.0 Å². The molecule has 102 valence electrons. The molecule has 0 aliphatic carbocycles. The summed E-state index contributed by atoms with van der Waals surface area (Å²) in [6, 6.07) is 6.15. The summed E-state index contributed by atoms with van der Waals surface area (Å²) in [4.78, 5) is 0. The Labute approximate surface area is 113 Å². The van der Waals surface area contributed by atoms with E-state index >= 15 is 0 Å². The van der Waals surface area contributed by atoms with Gasteiger partial charge in [0.15, 0.2) is 0 Å². The van der Waals surface area contributed by atoms with Crippen molar-refractivity contribution < 1.29 is 4.74 Å². The number of aryl methyl sites for hydroxylation is 1. The van der Waals surface area contributed by atoms with Crippen LogP contribution in [0.15, 0.2) is 24.4 Å². The standard InChI is InChI=1S/C14H20N4O/c1-4-7-15-14(13-9-16-18-17-13)12-6-5-11(19-3)8-10(12)2/h5-6,8-9,14-15H,4,7H2,1-3H3,(H,16,17,18). The Morgan fingerprint density at radius 2 is 2.26 bits per heavy atom. The molecule has 1 heterocycles. The summed E-state index contributed by atoms with van der Waals surface area (Å²) >= 11 is 0. The molecule has 0 bridgehead atoms. The maximum Gasteiger partial charge on any atom is 0.119 e. The van der Waals surface area contributed by atoms with E-state index in [4.69, 9.17) is 4.74 Å². The fourth-order valence-corrected chi connectivity index (χ4v) is 2.11. The van der Waals surface area contributed by atoms with E-state index < -0.39 is 0 Å². The van der Waals surface area contributed by atoms with Crippen molar-refractivity contribution in [1.82, 2.24) is 20.7 Å². The minimum Gasteiger partial charge on any atom is -0.497 e. The van der Waals surface area contributed by atoms with Crippen LogP contribution in [0.3, 0.4) is 0 Å². The highest BCUT2D eigenvalue weighted by atomic mass is 16.5. The van der Waals surface area contributed by atoms with Crippen LogP contribution in [0.4, 0.5) is 0 Å². The zero-order valence-corrected chi connectivity index (χ0v) is 11.6. The van der Waals surface area contributed by atoms with Crippen molar-refractivity contribution in [3.05, 3.63) is 41.2 Å². The second kappa shape index (κ2) is 6.33. The molecule has 0 radical (unpaired) electrons. The van der Waals surface area contributed by atoms with E-state index in [1.807, 2.05) is 12.1 Å². The monoisotopic (exact) mass is 260 g/mol. The first-order valence-electron chi connectivity index (χ1n) is 6.49. The van der Waals surface area contributed by atoms with Crippen LogP contribution in [-0.4, -0.2) is 29.1 Å². The number of H-pyrrole nitrogens is 1. The molecule has 2 N–H and O–H groups in total. The van der Waals surface area contributed by atoms with E-state index in [1.165, 1.54) is 11.1 Å². The molecule has 0 amide bonds. The van der Waals surface area contributed by atoms with Gasteiger partial charge in [-0.15, -0.1) is 0 Å². The van der Waals surface area contributed by atoms with Crippen LogP contribution in [0.2, 0.25) is 0 Å². The maximum atomic E-state index is 5.25. The molecule has 0 saturated heterocycles. The van der Waals surface area contributed by atoms with Gasteiger partial charge in [-0.2, -0.15) is 15.4 Å². The minimum atomic E-state index is 0.0598. The summed E-state index contributed by atoms with van der Waals surface area (Å²) in [6.07, 6.45) is 2.83. The second-order valence-corrected chi connectivity index (χ2v) is 4.50. The molecule has 1 aromatic heterocycles. The van der Waals surface area contributed by atoms with Crippen molar-refractivity contribution in [3.63, 3.8) is 0 Å². The van der Waals surface area contributed by atoms with Crippen molar-refractivity contribution in [2.24, 2.45) is 0 Å². The number of methoxy groups -OCH3 is 1. The predicted molar refractivity (Wildman–Crippen MR) is 74.3 cm³/mol. The van der Waals surface area contributed by atoms with Gasteiger partial charge in [0.25, 0.3) is 0 Å². The van der Waals surface area contributed by atoms with Gasteiger partial charge >= 0.3 is 0 Å². The lowest BCUT2D eigenvalue weighted by Gasteiger charge is -2.19. The molecule has 0 fully saturated rings. The molecule has 0 aliphatic rings. The van der Waals surface area contributed by atoms with E-state index in [0.717, 1.165) is 24.4 Å². The van der Waals surface area contributed by atoms with Crippen molar-refractivity contribution >= 4 is 0 Å². The fourth-order valence-electron chi connectivity index (χ4n) is 2.11. The lowest BCUT2D eigenvalue weighted by Crippen LogP contribution is -2.24. The summed E-state index contributed by atoms with van der Waals surface area (Å²) in [5.74, 6) is 0.871. The summed E-state index contributed by atoms with van der Waals surface area (Å²) < 4.78 is 5.25. The van der Waals surface area contributed by atoms with Gasteiger partial charge in [0.1, 0.15) is 11.4 Å². The smallest absolute Gasteiger partial charge is 0.119 e. The van der Waals surface area contributed by atoms with Gasteiger partial charge in [-0.3, -0.25) is 0 Å². The first-order valence-corrected chi connectivity index (χ1v) is 6.49.